The lowest BCUT2D eigenvalue weighted by Crippen LogP contribution is -2.17. The number of amides is 1. The molecule has 1 aromatic heterocycles. The van der Waals surface area contributed by atoms with Gasteiger partial charge in [-0.05, 0) is 55.9 Å². The van der Waals surface area contributed by atoms with Gasteiger partial charge in [-0.2, -0.15) is 0 Å². The summed E-state index contributed by atoms with van der Waals surface area (Å²) in [6, 6.07) is 2.97. The maximum absolute atomic E-state index is 13.5. The first-order valence-corrected chi connectivity index (χ1v) is 10.3. The Labute approximate surface area is 166 Å². The average molecular weight is 407 g/mol. The molecule has 0 fully saturated rings. The SMILES string of the molecule is CCCC1CCc2c(sc(NC(=O)c3ccc(F)c(F)c3)c2C(=O)OCC)C1. The number of hydrogen-bond donors (Lipinski definition) is 1. The van der Waals surface area contributed by atoms with Crippen molar-refractivity contribution in [2.75, 3.05) is 11.9 Å². The number of hydrogen-bond acceptors (Lipinski definition) is 4. The van der Waals surface area contributed by atoms with E-state index in [2.05, 4.69) is 12.2 Å². The number of halogens is 2. The molecule has 3 rings (SSSR count). The minimum atomic E-state index is -1.09. The highest BCUT2D eigenvalue weighted by Gasteiger charge is 2.30. The van der Waals surface area contributed by atoms with Gasteiger partial charge in [0.05, 0.1) is 12.2 Å². The van der Waals surface area contributed by atoms with E-state index < -0.39 is 23.5 Å². The van der Waals surface area contributed by atoms with Crippen molar-refractivity contribution in [3.8, 4) is 0 Å². The third-order valence-electron chi connectivity index (χ3n) is 4.95. The van der Waals surface area contributed by atoms with Crippen LogP contribution in [0.3, 0.4) is 0 Å². The quantitative estimate of drug-likeness (QED) is 0.656. The van der Waals surface area contributed by atoms with E-state index in [1.165, 1.54) is 17.4 Å². The Balaban J connectivity index is 1.91. The van der Waals surface area contributed by atoms with Crippen molar-refractivity contribution in [2.45, 2.75) is 46.0 Å². The van der Waals surface area contributed by atoms with Crippen molar-refractivity contribution in [1.82, 2.24) is 0 Å². The molecule has 1 unspecified atom stereocenters. The highest BCUT2D eigenvalue weighted by atomic mass is 32.1. The number of carbonyl (C=O) groups excluding carboxylic acids is 2. The van der Waals surface area contributed by atoms with E-state index in [4.69, 9.17) is 4.74 Å². The van der Waals surface area contributed by atoms with Gasteiger partial charge in [0, 0.05) is 10.4 Å². The predicted octanol–water partition coefficient (Wildman–Crippen LogP) is 5.36. The largest absolute Gasteiger partial charge is 0.462 e. The molecule has 150 valence electrons. The molecule has 0 aliphatic heterocycles. The Morgan fingerprint density at radius 3 is 2.71 bits per heavy atom. The van der Waals surface area contributed by atoms with E-state index in [-0.39, 0.29) is 12.2 Å². The Bertz CT molecular complexity index is 894. The molecule has 0 saturated heterocycles. The summed E-state index contributed by atoms with van der Waals surface area (Å²) in [4.78, 5) is 26.2. The molecular weight excluding hydrogens is 384 g/mol. The molecule has 4 nitrogen and oxygen atoms in total. The summed E-state index contributed by atoms with van der Waals surface area (Å²) >= 11 is 1.38. The van der Waals surface area contributed by atoms with Crippen molar-refractivity contribution < 1.29 is 23.1 Å². The number of benzene rings is 1. The van der Waals surface area contributed by atoms with Crippen LogP contribution in [-0.2, 0) is 17.6 Å². The van der Waals surface area contributed by atoms with Crippen molar-refractivity contribution in [2.24, 2.45) is 5.92 Å². The van der Waals surface area contributed by atoms with Gasteiger partial charge in [-0.15, -0.1) is 11.3 Å². The van der Waals surface area contributed by atoms with E-state index in [1.54, 1.807) is 6.92 Å². The third kappa shape index (κ3) is 4.24. The fourth-order valence-corrected chi connectivity index (χ4v) is 4.97. The normalized spacial score (nSPS) is 15.8. The summed E-state index contributed by atoms with van der Waals surface area (Å²) in [7, 11) is 0. The first-order valence-electron chi connectivity index (χ1n) is 9.52. The molecule has 0 saturated carbocycles. The van der Waals surface area contributed by atoms with Crippen LogP contribution in [0.15, 0.2) is 18.2 Å². The van der Waals surface area contributed by atoms with Crippen LogP contribution in [0.4, 0.5) is 13.8 Å². The van der Waals surface area contributed by atoms with E-state index in [1.807, 2.05) is 0 Å². The molecule has 0 radical (unpaired) electrons. The monoisotopic (exact) mass is 407 g/mol. The van der Waals surface area contributed by atoms with Crippen LogP contribution in [0, 0.1) is 17.6 Å². The number of ether oxygens (including phenoxy) is 1. The topological polar surface area (TPSA) is 55.4 Å². The van der Waals surface area contributed by atoms with Gasteiger partial charge in [0.1, 0.15) is 5.00 Å². The van der Waals surface area contributed by atoms with Crippen molar-refractivity contribution in [1.29, 1.82) is 0 Å². The number of thiophene rings is 1. The van der Waals surface area contributed by atoms with Crippen LogP contribution >= 0.6 is 11.3 Å². The summed E-state index contributed by atoms with van der Waals surface area (Å²) in [5.74, 6) is -2.59. The second-order valence-corrected chi connectivity index (χ2v) is 8.01. The van der Waals surface area contributed by atoms with Crippen LogP contribution in [0.2, 0.25) is 0 Å². The molecule has 1 amide bonds. The van der Waals surface area contributed by atoms with E-state index >= 15 is 0 Å². The lowest BCUT2D eigenvalue weighted by molar-refractivity contribution is 0.0526. The van der Waals surface area contributed by atoms with Crippen molar-refractivity contribution >= 4 is 28.2 Å². The van der Waals surface area contributed by atoms with Crippen LogP contribution in [-0.4, -0.2) is 18.5 Å². The number of fused-ring (bicyclic) bond motifs is 1. The summed E-state index contributed by atoms with van der Waals surface area (Å²) in [6.45, 7) is 4.12. The standard InChI is InChI=1S/C21H23F2NO3S/c1-3-5-12-6-8-14-17(10-12)28-20(18(14)21(26)27-4-2)24-19(25)13-7-9-15(22)16(23)11-13/h7,9,11-12H,3-6,8,10H2,1-2H3,(H,24,25). The number of rotatable bonds is 6. The molecule has 1 N–H and O–H groups in total. The lowest BCUT2D eigenvalue weighted by Gasteiger charge is -2.21. The Hall–Kier alpha value is -2.28. The number of carbonyl (C=O) groups is 2. The minimum absolute atomic E-state index is 0.0102. The maximum atomic E-state index is 13.5. The molecule has 0 bridgehead atoms. The minimum Gasteiger partial charge on any atom is -0.462 e. The zero-order valence-corrected chi connectivity index (χ0v) is 16.8. The first kappa shape index (κ1) is 20.5. The molecule has 1 aliphatic carbocycles. The summed E-state index contributed by atoms with van der Waals surface area (Å²) < 4.78 is 31.8. The van der Waals surface area contributed by atoms with Gasteiger partial charge < -0.3 is 10.1 Å². The van der Waals surface area contributed by atoms with Gasteiger partial charge in [-0.1, -0.05) is 19.8 Å². The summed E-state index contributed by atoms with van der Waals surface area (Å²) in [6.07, 6.45) is 4.88. The van der Waals surface area contributed by atoms with Crippen molar-refractivity contribution in [3.05, 3.63) is 51.4 Å². The first-order chi connectivity index (χ1) is 13.4. The zero-order valence-electron chi connectivity index (χ0n) is 15.9. The third-order valence-corrected chi connectivity index (χ3v) is 6.12. The molecule has 1 heterocycles. The number of anilines is 1. The predicted molar refractivity (Wildman–Crippen MR) is 105 cm³/mol. The molecule has 7 heteroatoms. The van der Waals surface area contributed by atoms with Crippen LogP contribution in [0.1, 0.15) is 64.3 Å². The lowest BCUT2D eigenvalue weighted by atomic mass is 9.84. The van der Waals surface area contributed by atoms with Crippen molar-refractivity contribution in [3.63, 3.8) is 0 Å². The average Bonchev–Trinajstić information content (AvgIpc) is 3.01. The van der Waals surface area contributed by atoms with Gasteiger partial charge in [0.15, 0.2) is 11.6 Å². The van der Waals surface area contributed by atoms with Gasteiger partial charge in [0.25, 0.3) is 5.91 Å². The van der Waals surface area contributed by atoms with Gasteiger partial charge in [-0.25, -0.2) is 13.6 Å². The fourth-order valence-electron chi connectivity index (χ4n) is 3.63. The molecule has 28 heavy (non-hydrogen) atoms. The zero-order chi connectivity index (χ0) is 20.3. The second-order valence-electron chi connectivity index (χ2n) is 6.91. The van der Waals surface area contributed by atoms with Gasteiger partial charge >= 0.3 is 5.97 Å². The Morgan fingerprint density at radius 2 is 2.04 bits per heavy atom. The number of esters is 1. The highest BCUT2D eigenvalue weighted by Crippen LogP contribution is 2.41. The van der Waals surface area contributed by atoms with Crippen LogP contribution in [0.25, 0.3) is 0 Å². The fraction of sp³-hybridized carbons (Fsp3) is 0.429. The molecule has 0 spiro atoms. The van der Waals surface area contributed by atoms with E-state index in [9.17, 15) is 18.4 Å². The second kappa shape index (κ2) is 8.82. The van der Waals surface area contributed by atoms with Crippen LogP contribution in [0.5, 0.6) is 0 Å². The van der Waals surface area contributed by atoms with Gasteiger partial charge in [0.2, 0.25) is 0 Å². The van der Waals surface area contributed by atoms with E-state index in [0.29, 0.717) is 16.5 Å². The molecule has 2 aromatic rings. The smallest absolute Gasteiger partial charge is 0.341 e. The van der Waals surface area contributed by atoms with Gasteiger partial charge in [-0.3, -0.25) is 4.79 Å². The summed E-state index contributed by atoms with van der Waals surface area (Å²) in [5, 5.41) is 3.12. The number of nitrogens with one attached hydrogen (secondary N) is 1. The molecule has 1 aromatic carbocycles. The maximum Gasteiger partial charge on any atom is 0.341 e. The molecule has 1 aliphatic rings. The van der Waals surface area contributed by atoms with E-state index in [0.717, 1.165) is 54.7 Å². The summed E-state index contributed by atoms with van der Waals surface area (Å²) in [5.41, 5.74) is 1.33. The van der Waals surface area contributed by atoms with Crippen LogP contribution < -0.4 is 5.32 Å². The molecular formula is C21H23F2NO3S. The molecule has 1 atom stereocenters. The Kier molecular flexibility index (Phi) is 6.44. The highest BCUT2D eigenvalue weighted by molar-refractivity contribution is 7.17. The Morgan fingerprint density at radius 1 is 1.25 bits per heavy atom.